The molecule has 140 valence electrons. The highest BCUT2D eigenvalue weighted by molar-refractivity contribution is 5.85. The van der Waals surface area contributed by atoms with Gasteiger partial charge in [0.15, 0.2) is 0 Å². The average molecular weight is 364 g/mol. The Morgan fingerprint density at radius 2 is 2.07 bits per heavy atom. The highest BCUT2D eigenvalue weighted by Gasteiger charge is 2.47. The van der Waals surface area contributed by atoms with Crippen LogP contribution in [0, 0.1) is 11.7 Å². The summed E-state index contributed by atoms with van der Waals surface area (Å²) in [7, 11) is 3.93. The topological polar surface area (TPSA) is 28.3 Å². The number of nitrogens with one attached hydrogen (secondary N) is 1. The van der Waals surface area contributed by atoms with Crippen LogP contribution in [0.15, 0.2) is 42.5 Å². The van der Waals surface area contributed by atoms with E-state index in [1.807, 2.05) is 12.1 Å². The lowest BCUT2D eigenvalue weighted by Crippen LogP contribution is -2.52. The van der Waals surface area contributed by atoms with Crippen LogP contribution >= 0.6 is 0 Å². The molecule has 3 aromatic rings. The summed E-state index contributed by atoms with van der Waals surface area (Å²) in [5, 5.41) is 1.05. The molecule has 1 saturated heterocycles. The van der Waals surface area contributed by atoms with E-state index in [1.165, 1.54) is 16.8 Å². The Labute approximate surface area is 159 Å². The molecule has 5 rings (SSSR count). The van der Waals surface area contributed by atoms with E-state index < -0.39 is 0 Å². The Balaban J connectivity index is 1.68. The summed E-state index contributed by atoms with van der Waals surface area (Å²) in [6, 6.07) is 14.0. The molecule has 2 aromatic carbocycles. The Morgan fingerprint density at radius 1 is 1.22 bits per heavy atom. The highest BCUT2D eigenvalue weighted by atomic mass is 19.1. The van der Waals surface area contributed by atoms with Crippen LogP contribution in [0.5, 0.6) is 5.75 Å². The van der Waals surface area contributed by atoms with Crippen LogP contribution in [-0.4, -0.2) is 37.1 Å². The van der Waals surface area contributed by atoms with Crippen molar-refractivity contribution in [3.05, 3.63) is 65.1 Å². The number of H-pyrrole nitrogens is 1. The van der Waals surface area contributed by atoms with E-state index in [4.69, 9.17) is 4.74 Å². The first-order valence-electron chi connectivity index (χ1n) is 9.72. The van der Waals surface area contributed by atoms with Gasteiger partial charge in [-0.2, -0.15) is 0 Å². The van der Waals surface area contributed by atoms with Gasteiger partial charge < -0.3 is 14.6 Å². The molecule has 1 aromatic heterocycles. The quantitative estimate of drug-likeness (QED) is 0.734. The number of likely N-dealkylation sites (tertiary alicyclic amines) is 1. The van der Waals surface area contributed by atoms with E-state index in [-0.39, 0.29) is 11.2 Å². The van der Waals surface area contributed by atoms with Crippen LogP contribution < -0.4 is 4.74 Å². The molecule has 0 spiro atoms. The third-order valence-electron chi connectivity index (χ3n) is 6.82. The lowest BCUT2D eigenvalue weighted by Gasteiger charge is -2.50. The smallest absolute Gasteiger partial charge is 0.147 e. The van der Waals surface area contributed by atoms with Gasteiger partial charge in [-0.15, -0.1) is 0 Å². The number of hydrogen-bond donors (Lipinski definition) is 1. The first kappa shape index (κ1) is 16.8. The van der Waals surface area contributed by atoms with Gasteiger partial charge in [-0.3, -0.25) is 0 Å². The van der Waals surface area contributed by atoms with Crippen LogP contribution in [0.2, 0.25) is 0 Å². The molecular weight excluding hydrogens is 339 g/mol. The molecule has 0 amide bonds. The number of aromatic nitrogens is 1. The van der Waals surface area contributed by atoms with Crippen LogP contribution in [0.3, 0.4) is 0 Å². The Bertz CT molecular complexity index is 1010. The molecule has 1 fully saturated rings. The maximum Gasteiger partial charge on any atom is 0.147 e. The molecule has 0 radical (unpaired) electrons. The van der Waals surface area contributed by atoms with Gasteiger partial charge in [0.1, 0.15) is 11.6 Å². The van der Waals surface area contributed by atoms with Gasteiger partial charge in [0.2, 0.25) is 0 Å². The molecule has 0 saturated carbocycles. The molecule has 0 bridgehead atoms. The van der Waals surface area contributed by atoms with Crippen molar-refractivity contribution in [1.82, 2.24) is 9.88 Å². The summed E-state index contributed by atoms with van der Waals surface area (Å²) >= 11 is 0. The zero-order chi connectivity index (χ0) is 18.6. The lowest BCUT2D eigenvalue weighted by atomic mass is 9.59. The van der Waals surface area contributed by atoms with Crippen molar-refractivity contribution < 1.29 is 9.13 Å². The standard InChI is InChI=1S/C23H25FN2O/c1-26-10-9-23(15-5-3-6-17(11-15)27-2)13-21-19(12-16(23)14-26)18-7-4-8-20(24)22(18)25-21/h3-8,11,16,25H,9-10,12-14H2,1-2H3. The fourth-order valence-electron chi connectivity index (χ4n) is 5.38. The largest absolute Gasteiger partial charge is 0.497 e. The van der Waals surface area contributed by atoms with Gasteiger partial charge in [0.25, 0.3) is 0 Å². The summed E-state index contributed by atoms with van der Waals surface area (Å²) in [6.07, 6.45) is 3.03. The third kappa shape index (κ3) is 2.50. The van der Waals surface area contributed by atoms with Crippen LogP contribution in [0.1, 0.15) is 23.2 Å². The van der Waals surface area contributed by atoms with Crippen molar-refractivity contribution in [3.8, 4) is 5.75 Å². The summed E-state index contributed by atoms with van der Waals surface area (Å²) in [5.74, 6) is 1.27. The number of para-hydroxylation sites is 1. The molecule has 27 heavy (non-hydrogen) atoms. The molecular formula is C23H25FN2O. The number of rotatable bonds is 2. The molecule has 1 aliphatic heterocycles. The van der Waals surface area contributed by atoms with Gasteiger partial charge in [0, 0.05) is 23.0 Å². The zero-order valence-electron chi connectivity index (χ0n) is 15.9. The van der Waals surface area contributed by atoms with E-state index in [9.17, 15) is 4.39 Å². The van der Waals surface area contributed by atoms with E-state index in [2.05, 4.69) is 41.2 Å². The first-order chi connectivity index (χ1) is 13.1. The second kappa shape index (κ2) is 6.10. The van der Waals surface area contributed by atoms with Gasteiger partial charge in [0.05, 0.1) is 12.6 Å². The molecule has 1 aliphatic carbocycles. The number of nitrogens with zero attached hydrogens (tertiary/aromatic N) is 1. The van der Waals surface area contributed by atoms with Crippen molar-refractivity contribution in [3.63, 3.8) is 0 Å². The van der Waals surface area contributed by atoms with Crippen LogP contribution in [0.25, 0.3) is 10.9 Å². The molecule has 2 heterocycles. The Kier molecular flexibility index (Phi) is 3.80. The van der Waals surface area contributed by atoms with Gasteiger partial charge in [-0.25, -0.2) is 4.39 Å². The van der Waals surface area contributed by atoms with E-state index in [1.54, 1.807) is 13.2 Å². The van der Waals surface area contributed by atoms with E-state index >= 15 is 0 Å². The number of hydrogen-bond acceptors (Lipinski definition) is 2. The lowest BCUT2D eigenvalue weighted by molar-refractivity contribution is 0.0994. The average Bonchev–Trinajstić information content (AvgIpc) is 3.05. The number of halogens is 1. The normalized spacial score (nSPS) is 25.2. The monoisotopic (exact) mass is 364 g/mol. The minimum absolute atomic E-state index is 0.0748. The fraction of sp³-hybridized carbons (Fsp3) is 0.391. The van der Waals surface area contributed by atoms with Crippen molar-refractivity contribution in [2.24, 2.45) is 5.92 Å². The van der Waals surface area contributed by atoms with Gasteiger partial charge in [-0.05, 0) is 68.1 Å². The third-order valence-corrected chi connectivity index (χ3v) is 6.82. The molecule has 2 unspecified atom stereocenters. The second-order valence-electron chi connectivity index (χ2n) is 8.22. The number of fused-ring (bicyclic) bond motifs is 4. The van der Waals surface area contributed by atoms with Crippen molar-refractivity contribution >= 4 is 10.9 Å². The second-order valence-corrected chi connectivity index (χ2v) is 8.22. The van der Waals surface area contributed by atoms with Crippen LogP contribution in [-0.2, 0) is 18.3 Å². The maximum atomic E-state index is 14.4. The van der Waals surface area contributed by atoms with Gasteiger partial charge in [-0.1, -0.05) is 24.3 Å². The molecule has 1 N–H and O–H groups in total. The summed E-state index contributed by atoms with van der Waals surface area (Å²) in [6.45, 7) is 2.15. The van der Waals surface area contributed by atoms with Crippen molar-refractivity contribution in [2.45, 2.75) is 24.7 Å². The molecule has 2 atom stereocenters. The highest BCUT2D eigenvalue weighted by Crippen LogP contribution is 2.49. The number of ether oxygens (including phenoxy) is 1. The van der Waals surface area contributed by atoms with Crippen LogP contribution in [0.4, 0.5) is 4.39 Å². The van der Waals surface area contributed by atoms with Crippen molar-refractivity contribution in [2.75, 3.05) is 27.2 Å². The van der Waals surface area contributed by atoms with E-state index in [0.29, 0.717) is 11.4 Å². The number of methoxy groups -OCH3 is 1. The molecule has 3 nitrogen and oxygen atoms in total. The summed E-state index contributed by atoms with van der Waals surface area (Å²) in [4.78, 5) is 5.87. The SMILES string of the molecule is COc1cccc(C23CCN(C)CC2Cc2c([nH]c4c(F)cccc24)C3)c1. The first-order valence-corrected chi connectivity index (χ1v) is 9.72. The molecule has 2 aliphatic rings. The predicted octanol–water partition coefficient (Wildman–Crippen LogP) is 4.30. The summed E-state index contributed by atoms with van der Waals surface area (Å²) < 4.78 is 19.9. The number of benzene rings is 2. The number of piperidine rings is 1. The van der Waals surface area contributed by atoms with Gasteiger partial charge >= 0.3 is 0 Å². The predicted molar refractivity (Wildman–Crippen MR) is 106 cm³/mol. The minimum atomic E-state index is -0.155. The fourth-order valence-corrected chi connectivity index (χ4v) is 5.38. The maximum absolute atomic E-state index is 14.4. The zero-order valence-corrected chi connectivity index (χ0v) is 15.9. The van der Waals surface area contributed by atoms with Crippen molar-refractivity contribution in [1.29, 1.82) is 0 Å². The Morgan fingerprint density at radius 3 is 2.93 bits per heavy atom. The number of aromatic amines is 1. The minimum Gasteiger partial charge on any atom is -0.497 e. The van der Waals surface area contributed by atoms with E-state index in [0.717, 1.165) is 43.5 Å². The Hall–Kier alpha value is -2.33. The molecule has 4 heteroatoms. The summed E-state index contributed by atoms with van der Waals surface area (Å²) in [5.41, 5.74) is 4.60.